The molecule has 0 unspecified atom stereocenters. The Hall–Kier alpha value is -0.650. The first-order chi connectivity index (χ1) is 29.6. The first-order valence-corrected chi connectivity index (χ1v) is 27.8. The van der Waals surface area contributed by atoms with Crippen molar-refractivity contribution in [2.75, 3.05) is 6.61 Å². The molecular weight excluding hydrogens is 739 g/mol. The van der Waals surface area contributed by atoms with Gasteiger partial charge in [0.15, 0.2) is 0 Å². The molecule has 4 N–H and O–H groups in total. The molecule has 3 atom stereocenters. The third kappa shape index (κ3) is 45.4. The second kappa shape index (κ2) is 51.0. The third-order valence-corrected chi connectivity index (χ3v) is 13.5. The maximum absolute atomic E-state index is 12.5. The van der Waals surface area contributed by atoms with E-state index in [0.29, 0.717) is 12.8 Å². The molecule has 0 saturated heterocycles. The lowest BCUT2D eigenvalue weighted by Gasteiger charge is -2.26. The van der Waals surface area contributed by atoms with E-state index in [9.17, 15) is 20.1 Å². The molecule has 0 aliphatic heterocycles. The minimum atomic E-state index is -1.13. The Morgan fingerprint density at radius 3 is 0.800 bits per heavy atom. The highest BCUT2D eigenvalue weighted by molar-refractivity contribution is 5.76. The van der Waals surface area contributed by atoms with Crippen LogP contribution in [0.3, 0.4) is 0 Å². The first-order valence-electron chi connectivity index (χ1n) is 27.8. The smallest absolute Gasteiger partial charge is 0.220 e. The monoisotopic (exact) mass is 850 g/mol. The molecule has 0 fully saturated rings. The Morgan fingerprint density at radius 1 is 0.350 bits per heavy atom. The van der Waals surface area contributed by atoms with Gasteiger partial charge in [0, 0.05) is 6.42 Å². The van der Waals surface area contributed by atoms with Crippen LogP contribution in [0.15, 0.2) is 0 Å². The zero-order chi connectivity index (χ0) is 43.7. The molecule has 0 aliphatic rings. The molecule has 0 aromatic carbocycles. The van der Waals surface area contributed by atoms with Crippen LogP contribution in [0.4, 0.5) is 0 Å². The summed E-state index contributed by atoms with van der Waals surface area (Å²) in [4.78, 5) is 12.5. The van der Waals surface area contributed by atoms with Crippen LogP contribution in [-0.2, 0) is 4.79 Å². The van der Waals surface area contributed by atoms with Crippen molar-refractivity contribution in [3.8, 4) is 0 Å². The van der Waals surface area contributed by atoms with Gasteiger partial charge in [-0.15, -0.1) is 0 Å². The Balaban J connectivity index is 3.43. The maximum atomic E-state index is 12.5. The van der Waals surface area contributed by atoms with Gasteiger partial charge in [0.25, 0.3) is 0 Å². The van der Waals surface area contributed by atoms with E-state index in [0.717, 1.165) is 32.1 Å². The van der Waals surface area contributed by atoms with Gasteiger partial charge in [-0.25, -0.2) is 0 Å². The second-order valence-electron chi connectivity index (χ2n) is 19.5. The fourth-order valence-electron chi connectivity index (χ4n) is 9.17. The standard InChI is InChI=1S/C55H111NO4/c1-3-5-7-9-11-13-15-17-19-20-21-22-23-24-25-26-27-28-29-30-31-32-33-34-35-36-38-40-42-44-46-48-50-54(59)56-52(51-57)55(60)53(58)49-47-45-43-41-39-37-18-16-14-12-10-8-6-4-2/h52-53,55,57-58,60H,3-51H2,1-2H3,(H,56,59)/t52-,53+,55-/m0/s1. The molecule has 0 aromatic heterocycles. The van der Waals surface area contributed by atoms with Gasteiger partial charge in [-0.1, -0.05) is 303 Å². The molecule has 60 heavy (non-hydrogen) atoms. The van der Waals surface area contributed by atoms with Crippen molar-refractivity contribution in [2.24, 2.45) is 0 Å². The number of hydrogen-bond acceptors (Lipinski definition) is 4. The van der Waals surface area contributed by atoms with Gasteiger partial charge in [0.2, 0.25) is 5.91 Å². The highest BCUT2D eigenvalue weighted by Gasteiger charge is 2.26. The second-order valence-corrected chi connectivity index (χ2v) is 19.5. The summed E-state index contributed by atoms with van der Waals surface area (Å²) in [6.07, 6.45) is 61.2. The van der Waals surface area contributed by atoms with E-state index in [1.807, 2.05) is 0 Å². The van der Waals surface area contributed by atoms with E-state index < -0.39 is 18.2 Å². The van der Waals surface area contributed by atoms with Gasteiger partial charge >= 0.3 is 0 Å². The molecule has 0 aliphatic carbocycles. The number of amides is 1. The summed E-state index contributed by atoms with van der Waals surface area (Å²) in [6.45, 7) is 4.21. The number of hydrogen-bond donors (Lipinski definition) is 4. The van der Waals surface area contributed by atoms with E-state index in [1.165, 1.54) is 263 Å². The van der Waals surface area contributed by atoms with Crippen LogP contribution in [0.25, 0.3) is 0 Å². The molecule has 0 bridgehead atoms. The normalized spacial score (nSPS) is 13.2. The van der Waals surface area contributed by atoms with Crippen LogP contribution in [-0.4, -0.2) is 46.1 Å². The predicted molar refractivity (Wildman–Crippen MR) is 264 cm³/mol. The van der Waals surface area contributed by atoms with Gasteiger partial charge in [-0.2, -0.15) is 0 Å². The number of aliphatic hydroxyl groups is 3. The third-order valence-electron chi connectivity index (χ3n) is 13.5. The van der Waals surface area contributed by atoms with E-state index in [4.69, 9.17) is 0 Å². The van der Waals surface area contributed by atoms with Crippen molar-refractivity contribution in [3.05, 3.63) is 0 Å². The zero-order valence-corrected chi connectivity index (χ0v) is 41.1. The lowest BCUT2D eigenvalue weighted by molar-refractivity contribution is -0.124. The van der Waals surface area contributed by atoms with Crippen molar-refractivity contribution in [3.63, 3.8) is 0 Å². The molecule has 0 spiro atoms. The topological polar surface area (TPSA) is 89.8 Å². The highest BCUT2D eigenvalue weighted by atomic mass is 16.3. The highest BCUT2D eigenvalue weighted by Crippen LogP contribution is 2.19. The summed E-state index contributed by atoms with van der Waals surface area (Å²) >= 11 is 0. The van der Waals surface area contributed by atoms with Crippen LogP contribution >= 0.6 is 0 Å². The molecule has 0 saturated carbocycles. The minimum Gasteiger partial charge on any atom is -0.394 e. The Bertz CT molecular complexity index is 807. The average Bonchev–Trinajstić information content (AvgIpc) is 3.25. The van der Waals surface area contributed by atoms with Crippen LogP contribution in [0.2, 0.25) is 0 Å². The van der Waals surface area contributed by atoms with Crippen LogP contribution < -0.4 is 5.32 Å². The summed E-state index contributed by atoms with van der Waals surface area (Å²) in [5, 5.41) is 33.7. The minimum absolute atomic E-state index is 0.137. The van der Waals surface area contributed by atoms with Gasteiger partial charge in [-0.05, 0) is 12.8 Å². The van der Waals surface area contributed by atoms with E-state index in [-0.39, 0.29) is 12.5 Å². The fourth-order valence-corrected chi connectivity index (χ4v) is 9.17. The predicted octanol–water partition coefficient (Wildman–Crippen LogP) is 16.9. The van der Waals surface area contributed by atoms with E-state index >= 15 is 0 Å². The zero-order valence-electron chi connectivity index (χ0n) is 41.1. The number of unbranched alkanes of at least 4 members (excludes halogenated alkanes) is 44. The summed E-state index contributed by atoms with van der Waals surface area (Å²) in [6, 6.07) is -0.803. The molecule has 0 rings (SSSR count). The van der Waals surface area contributed by atoms with Crippen molar-refractivity contribution < 1.29 is 20.1 Å². The Kier molecular flexibility index (Phi) is 50.4. The van der Waals surface area contributed by atoms with Crippen molar-refractivity contribution in [2.45, 2.75) is 340 Å². The molecule has 360 valence electrons. The Labute approximate surface area is 377 Å². The summed E-state index contributed by atoms with van der Waals surface area (Å²) < 4.78 is 0. The lowest BCUT2D eigenvalue weighted by atomic mass is 9.99. The van der Waals surface area contributed by atoms with Crippen molar-refractivity contribution in [1.82, 2.24) is 5.32 Å². The van der Waals surface area contributed by atoms with Crippen LogP contribution in [0, 0.1) is 0 Å². The van der Waals surface area contributed by atoms with Crippen LogP contribution in [0.1, 0.15) is 322 Å². The lowest BCUT2D eigenvalue weighted by Crippen LogP contribution is -2.50. The number of carbonyl (C=O) groups excluding carboxylic acids is 1. The fraction of sp³-hybridized carbons (Fsp3) is 0.982. The number of carbonyl (C=O) groups is 1. The molecule has 0 heterocycles. The Morgan fingerprint density at radius 2 is 0.567 bits per heavy atom. The molecular formula is C55H111NO4. The van der Waals surface area contributed by atoms with Crippen LogP contribution in [0.5, 0.6) is 0 Å². The largest absolute Gasteiger partial charge is 0.394 e. The number of rotatable bonds is 52. The maximum Gasteiger partial charge on any atom is 0.220 e. The van der Waals surface area contributed by atoms with Gasteiger partial charge in [-0.3, -0.25) is 4.79 Å². The van der Waals surface area contributed by atoms with Gasteiger partial charge in [0.1, 0.15) is 6.10 Å². The average molecular weight is 850 g/mol. The molecule has 5 heteroatoms. The van der Waals surface area contributed by atoms with E-state index in [1.54, 1.807) is 0 Å². The molecule has 0 aromatic rings. The summed E-state index contributed by atoms with van der Waals surface area (Å²) in [7, 11) is 0. The quantitative estimate of drug-likeness (QED) is 0.0459. The number of aliphatic hydroxyl groups excluding tert-OH is 3. The van der Waals surface area contributed by atoms with Crippen molar-refractivity contribution >= 4 is 5.91 Å². The van der Waals surface area contributed by atoms with Crippen molar-refractivity contribution in [1.29, 1.82) is 0 Å². The van der Waals surface area contributed by atoms with Gasteiger partial charge < -0.3 is 20.6 Å². The van der Waals surface area contributed by atoms with E-state index in [2.05, 4.69) is 19.2 Å². The van der Waals surface area contributed by atoms with Gasteiger partial charge in [0.05, 0.1) is 18.8 Å². The molecule has 1 amide bonds. The summed E-state index contributed by atoms with van der Waals surface area (Å²) in [5.41, 5.74) is 0. The summed E-state index contributed by atoms with van der Waals surface area (Å²) in [5.74, 6) is -0.137. The first kappa shape index (κ1) is 59.4. The number of nitrogens with one attached hydrogen (secondary N) is 1. The molecule has 5 nitrogen and oxygen atoms in total. The SMILES string of the molecule is CCCCCCCCCCCCCCCCCCCCCCCCCCCCCCCCCCC(=O)N[C@@H](CO)[C@H](O)[C@H](O)CCCCCCCCCCCCCCCC. The molecule has 0 radical (unpaired) electrons.